The van der Waals surface area contributed by atoms with Crippen LogP contribution in [0, 0.1) is 6.92 Å². The minimum absolute atomic E-state index is 0.0931. The van der Waals surface area contributed by atoms with Gasteiger partial charge < -0.3 is 14.2 Å². The molecule has 1 atom stereocenters. The van der Waals surface area contributed by atoms with Crippen molar-refractivity contribution >= 4 is 5.91 Å². The number of carbonyl (C=O) groups excluding carboxylic acids is 1. The molecule has 28 heavy (non-hydrogen) atoms. The molecule has 0 bridgehead atoms. The topological polar surface area (TPSA) is 68.5 Å². The molecule has 6 heteroatoms. The Hall–Kier alpha value is -3.15. The molecule has 0 aliphatic carbocycles. The summed E-state index contributed by atoms with van der Waals surface area (Å²) in [6, 6.07) is 15.4. The minimum Gasteiger partial charge on any atom is -0.497 e. The lowest BCUT2D eigenvalue weighted by atomic mass is 10.1. The number of ether oxygens (including phenoxy) is 1. The first-order valence-corrected chi connectivity index (χ1v) is 9.47. The van der Waals surface area contributed by atoms with Gasteiger partial charge in [0.2, 0.25) is 17.6 Å². The summed E-state index contributed by atoms with van der Waals surface area (Å²) in [6.45, 7) is 2.76. The third kappa shape index (κ3) is 3.76. The van der Waals surface area contributed by atoms with Crippen LogP contribution in [0.2, 0.25) is 0 Å². The van der Waals surface area contributed by atoms with Gasteiger partial charge in [0.25, 0.3) is 0 Å². The highest BCUT2D eigenvalue weighted by Crippen LogP contribution is 2.32. The summed E-state index contributed by atoms with van der Waals surface area (Å²) < 4.78 is 10.7. The van der Waals surface area contributed by atoms with Gasteiger partial charge in [0.05, 0.1) is 13.5 Å². The predicted octanol–water partition coefficient (Wildman–Crippen LogP) is 3.96. The minimum atomic E-state index is -0.155. The maximum Gasteiger partial charge on any atom is 0.249 e. The third-order valence-electron chi connectivity index (χ3n) is 5.12. The number of aromatic nitrogens is 2. The van der Waals surface area contributed by atoms with Gasteiger partial charge in [-0.3, -0.25) is 4.79 Å². The van der Waals surface area contributed by atoms with Crippen LogP contribution in [0.4, 0.5) is 0 Å². The molecule has 144 valence electrons. The molecule has 0 radical (unpaired) electrons. The third-order valence-corrected chi connectivity index (χ3v) is 5.12. The molecule has 1 aliphatic heterocycles. The van der Waals surface area contributed by atoms with Crippen LogP contribution in [0.1, 0.15) is 35.9 Å². The van der Waals surface area contributed by atoms with Crippen LogP contribution in [0.3, 0.4) is 0 Å². The van der Waals surface area contributed by atoms with Crippen molar-refractivity contribution in [2.75, 3.05) is 13.7 Å². The van der Waals surface area contributed by atoms with E-state index in [2.05, 4.69) is 10.1 Å². The smallest absolute Gasteiger partial charge is 0.249 e. The lowest BCUT2D eigenvalue weighted by molar-refractivity contribution is -0.131. The largest absolute Gasteiger partial charge is 0.497 e. The molecule has 0 saturated carbocycles. The second kappa shape index (κ2) is 7.84. The van der Waals surface area contributed by atoms with Gasteiger partial charge in [-0.05, 0) is 49.6 Å². The molecule has 1 amide bonds. The van der Waals surface area contributed by atoms with Crippen LogP contribution in [0.25, 0.3) is 11.4 Å². The first-order valence-electron chi connectivity index (χ1n) is 9.47. The second-order valence-corrected chi connectivity index (χ2v) is 7.09. The lowest BCUT2D eigenvalue weighted by Crippen LogP contribution is -2.32. The first kappa shape index (κ1) is 18.2. The van der Waals surface area contributed by atoms with Crippen molar-refractivity contribution < 1.29 is 14.1 Å². The van der Waals surface area contributed by atoms with Crippen LogP contribution < -0.4 is 4.74 Å². The Morgan fingerprint density at radius 1 is 1.18 bits per heavy atom. The number of nitrogens with zero attached hydrogens (tertiary/aromatic N) is 3. The number of carbonyl (C=O) groups is 1. The zero-order chi connectivity index (χ0) is 19.5. The van der Waals surface area contributed by atoms with E-state index >= 15 is 0 Å². The standard InChI is InChI=1S/C22H23N3O3/c1-15-5-7-16(8-6-15)14-20(26)25-13-3-4-19(25)22-23-21(24-28-22)17-9-11-18(27-2)12-10-17/h5-12,19H,3-4,13-14H2,1-2H3. The fourth-order valence-corrected chi connectivity index (χ4v) is 3.53. The van der Waals surface area contributed by atoms with Crippen LogP contribution in [0.15, 0.2) is 53.1 Å². The summed E-state index contributed by atoms with van der Waals surface area (Å²) in [5.74, 6) is 1.89. The fourth-order valence-electron chi connectivity index (χ4n) is 3.53. The molecule has 2 aromatic carbocycles. The van der Waals surface area contributed by atoms with Gasteiger partial charge in [0.15, 0.2) is 0 Å². The fraction of sp³-hybridized carbons (Fsp3) is 0.318. The van der Waals surface area contributed by atoms with Gasteiger partial charge in [-0.25, -0.2) is 0 Å². The number of aryl methyl sites for hydroxylation is 1. The van der Waals surface area contributed by atoms with E-state index in [1.165, 1.54) is 5.56 Å². The highest BCUT2D eigenvalue weighted by molar-refractivity contribution is 5.79. The van der Waals surface area contributed by atoms with E-state index in [0.29, 0.717) is 18.1 Å². The highest BCUT2D eigenvalue weighted by atomic mass is 16.5. The number of benzene rings is 2. The molecule has 6 nitrogen and oxygen atoms in total. The molecule has 1 aromatic heterocycles. The zero-order valence-electron chi connectivity index (χ0n) is 16.1. The van der Waals surface area contributed by atoms with Crippen LogP contribution in [-0.4, -0.2) is 34.6 Å². The van der Waals surface area contributed by atoms with Crippen LogP contribution >= 0.6 is 0 Å². The quantitative estimate of drug-likeness (QED) is 0.673. The molecule has 0 spiro atoms. The summed E-state index contributed by atoms with van der Waals surface area (Å²) in [6.07, 6.45) is 2.16. The van der Waals surface area contributed by atoms with Gasteiger partial charge in [-0.15, -0.1) is 0 Å². The van der Waals surface area contributed by atoms with Crippen molar-refractivity contribution in [1.82, 2.24) is 15.0 Å². The highest BCUT2D eigenvalue weighted by Gasteiger charge is 2.34. The normalized spacial score (nSPS) is 16.4. The number of hydrogen-bond donors (Lipinski definition) is 0. The number of amides is 1. The molecule has 1 saturated heterocycles. The summed E-state index contributed by atoms with van der Waals surface area (Å²) >= 11 is 0. The average molecular weight is 377 g/mol. The average Bonchev–Trinajstić information content (AvgIpc) is 3.39. The predicted molar refractivity (Wildman–Crippen MR) is 105 cm³/mol. The molecule has 3 aromatic rings. The van der Waals surface area contributed by atoms with Crippen molar-refractivity contribution in [3.05, 3.63) is 65.5 Å². The second-order valence-electron chi connectivity index (χ2n) is 7.09. The van der Waals surface area contributed by atoms with Crippen molar-refractivity contribution in [3.63, 3.8) is 0 Å². The Kier molecular flexibility index (Phi) is 5.10. The SMILES string of the molecule is COc1ccc(-c2noc(C3CCCN3C(=O)Cc3ccc(C)cc3)n2)cc1. The summed E-state index contributed by atoms with van der Waals surface area (Å²) in [4.78, 5) is 19.3. The van der Waals surface area contributed by atoms with Gasteiger partial charge in [-0.1, -0.05) is 35.0 Å². The Balaban J connectivity index is 1.49. The Morgan fingerprint density at radius 2 is 1.93 bits per heavy atom. The van der Waals surface area contributed by atoms with E-state index < -0.39 is 0 Å². The Morgan fingerprint density at radius 3 is 2.64 bits per heavy atom. The van der Waals surface area contributed by atoms with Crippen molar-refractivity contribution in [2.24, 2.45) is 0 Å². The molecular weight excluding hydrogens is 354 g/mol. The maximum absolute atomic E-state index is 12.9. The van der Waals surface area contributed by atoms with Crippen LogP contribution in [0.5, 0.6) is 5.75 Å². The Labute approximate surface area is 164 Å². The van der Waals surface area contributed by atoms with E-state index in [-0.39, 0.29) is 11.9 Å². The number of likely N-dealkylation sites (tertiary alicyclic amines) is 1. The van der Waals surface area contributed by atoms with E-state index in [1.54, 1.807) is 7.11 Å². The molecule has 1 fully saturated rings. The molecule has 1 unspecified atom stereocenters. The number of hydrogen-bond acceptors (Lipinski definition) is 5. The van der Waals surface area contributed by atoms with E-state index in [4.69, 9.17) is 9.26 Å². The van der Waals surface area contributed by atoms with Gasteiger partial charge in [0, 0.05) is 12.1 Å². The van der Waals surface area contributed by atoms with E-state index in [0.717, 1.165) is 36.3 Å². The molecule has 0 N–H and O–H groups in total. The zero-order valence-corrected chi connectivity index (χ0v) is 16.1. The van der Waals surface area contributed by atoms with Gasteiger partial charge >= 0.3 is 0 Å². The van der Waals surface area contributed by atoms with Crippen LogP contribution in [-0.2, 0) is 11.2 Å². The van der Waals surface area contributed by atoms with E-state index in [1.807, 2.05) is 60.4 Å². The summed E-state index contributed by atoms with van der Waals surface area (Å²) in [5.41, 5.74) is 3.06. The van der Waals surface area contributed by atoms with Crippen molar-refractivity contribution in [2.45, 2.75) is 32.2 Å². The van der Waals surface area contributed by atoms with E-state index in [9.17, 15) is 4.79 Å². The first-order chi connectivity index (χ1) is 13.6. The molecular formula is C22H23N3O3. The maximum atomic E-state index is 12.9. The number of methoxy groups -OCH3 is 1. The molecule has 1 aliphatic rings. The monoisotopic (exact) mass is 377 g/mol. The van der Waals surface area contributed by atoms with Crippen molar-refractivity contribution in [1.29, 1.82) is 0 Å². The molecule has 2 heterocycles. The van der Waals surface area contributed by atoms with Gasteiger partial charge in [0.1, 0.15) is 11.8 Å². The van der Waals surface area contributed by atoms with Gasteiger partial charge in [-0.2, -0.15) is 4.98 Å². The number of rotatable bonds is 5. The molecule has 4 rings (SSSR count). The summed E-state index contributed by atoms with van der Waals surface area (Å²) in [7, 11) is 1.63. The summed E-state index contributed by atoms with van der Waals surface area (Å²) in [5, 5.41) is 4.11. The lowest BCUT2D eigenvalue weighted by Gasteiger charge is -2.22. The van der Waals surface area contributed by atoms with Crippen molar-refractivity contribution in [3.8, 4) is 17.1 Å². The Bertz CT molecular complexity index is 948.